The Balaban J connectivity index is 1.87. The van der Waals surface area contributed by atoms with Gasteiger partial charge in [0, 0.05) is 41.2 Å². The second-order valence-electron chi connectivity index (χ2n) is 7.33. The number of nitrogens with one attached hydrogen (secondary N) is 3. The van der Waals surface area contributed by atoms with Gasteiger partial charge in [-0.1, -0.05) is 24.3 Å². The average molecular weight is 505 g/mol. The lowest BCUT2D eigenvalue weighted by Gasteiger charge is -2.11. The van der Waals surface area contributed by atoms with E-state index >= 15 is 0 Å². The van der Waals surface area contributed by atoms with Gasteiger partial charge in [-0.2, -0.15) is 9.89 Å². The predicted octanol–water partition coefficient (Wildman–Crippen LogP) is 2.96. The number of amides is 3. The molecule has 4 aromatic rings. The van der Waals surface area contributed by atoms with Crippen LogP contribution in [0, 0.1) is 15.9 Å². The number of carbonyl (C=O) groups is 3. The Kier molecular flexibility index (Phi) is 6.81. The van der Waals surface area contributed by atoms with E-state index in [1.807, 2.05) is 5.43 Å². The molecule has 0 radical (unpaired) electrons. The molecule has 2 aromatic carbocycles. The van der Waals surface area contributed by atoms with Crippen LogP contribution in [0.1, 0.15) is 20.8 Å². The zero-order chi connectivity index (χ0) is 26.5. The molecule has 0 aliphatic carbocycles. The summed E-state index contributed by atoms with van der Waals surface area (Å²) in [6, 6.07) is 13.2. The SMILES string of the molecule is O=C(O)Nn1nc(-c2ccccc2F)c(-c2cccc([N+](=O)[O-])c2)c1C(=O)NNC(=O)c1ccncc1. The predicted molar refractivity (Wildman–Crippen MR) is 126 cm³/mol. The molecular weight excluding hydrogens is 489 g/mol. The molecule has 186 valence electrons. The fourth-order valence-corrected chi connectivity index (χ4v) is 3.44. The van der Waals surface area contributed by atoms with Crippen molar-refractivity contribution in [2.24, 2.45) is 0 Å². The van der Waals surface area contributed by atoms with E-state index in [1.165, 1.54) is 60.9 Å². The van der Waals surface area contributed by atoms with Crippen LogP contribution in [0.5, 0.6) is 0 Å². The third-order valence-electron chi connectivity index (χ3n) is 5.01. The van der Waals surface area contributed by atoms with E-state index in [4.69, 9.17) is 0 Å². The Morgan fingerprint density at radius 3 is 2.35 bits per heavy atom. The summed E-state index contributed by atoms with van der Waals surface area (Å²) in [5.41, 5.74) is 5.25. The molecule has 13 nitrogen and oxygen atoms in total. The molecule has 2 aromatic heterocycles. The van der Waals surface area contributed by atoms with Crippen LogP contribution in [0.25, 0.3) is 22.4 Å². The molecule has 2 heterocycles. The maximum absolute atomic E-state index is 14.8. The molecule has 0 saturated heterocycles. The highest BCUT2D eigenvalue weighted by Crippen LogP contribution is 2.36. The van der Waals surface area contributed by atoms with Crippen LogP contribution in [0.4, 0.5) is 14.9 Å². The quantitative estimate of drug-likeness (QED) is 0.228. The number of hydrogen-bond donors (Lipinski definition) is 4. The van der Waals surface area contributed by atoms with Gasteiger partial charge < -0.3 is 5.11 Å². The van der Waals surface area contributed by atoms with Crippen molar-refractivity contribution in [2.45, 2.75) is 0 Å². The number of pyridine rings is 1. The second kappa shape index (κ2) is 10.3. The summed E-state index contributed by atoms with van der Waals surface area (Å²) < 4.78 is 14.8. The number of nitrogens with zero attached hydrogens (tertiary/aromatic N) is 4. The van der Waals surface area contributed by atoms with E-state index in [0.29, 0.717) is 4.79 Å². The third-order valence-corrected chi connectivity index (χ3v) is 5.01. The summed E-state index contributed by atoms with van der Waals surface area (Å²) in [4.78, 5) is 52.2. The molecule has 0 saturated carbocycles. The van der Waals surface area contributed by atoms with Crippen molar-refractivity contribution >= 4 is 23.6 Å². The number of rotatable bonds is 6. The number of hydrogen-bond acceptors (Lipinski definition) is 7. The minimum absolute atomic E-state index is 0.0662. The number of nitro groups is 1. The van der Waals surface area contributed by atoms with Gasteiger partial charge >= 0.3 is 6.09 Å². The fourth-order valence-electron chi connectivity index (χ4n) is 3.44. The Hall–Kier alpha value is -5.66. The molecule has 0 aliphatic heterocycles. The molecular formula is C23H16FN7O6. The Labute approximate surface area is 206 Å². The second-order valence-corrected chi connectivity index (χ2v) is 7.33. The summed E-state index contributed by atoms with van der Waals surface area (Å²) in [6.07, 6.45) is 1.12. The highest BCUT2D eigenvalue weighted by Gasteiger charge is 2.29. The van der Waals surface area contributed by atoms with Crippen LogP contribution >= 0.6 is 0 Å². The zero-order valence-corrected chi connectivity index (χ0v) is 18.6. The highest BCUT2D eigenvalue weighted by atomic mass is 19.1. The lowest BCUT2D eigenvalue weighted by molar-refractivity contribution is -0.384. The van der Waals surface area contributed by atoms with Crippen molar-refractivity contribution in [3.8, 4) is 22.4 Å². The average Bonchev–Trinajstić information content (AvgIpc) is 3.26. The first-order valence-corrected chi connectivity index (χ1v) is 10.4. The minimum atomic E-state index is -1.61. The Morgan fingerprint density at radius 1 is 0.973 bits per heavy atom. The van der Waals surface area contributed by atoms with Crippen LogP contribution in [-0.4, -0.2) is 42.8 Å². The first-order chi connectivity index (χ1) is 17.8. The van der Waals surface area contributed by atoms with Gasteiger partial charge in [0.15, 0.2) is 5.69 Å². The van der Waals surface area contributed by atoms with Gasteiger partial charge in [-0.05, 0) is 29.8 Å². The number of aromatic nitrogens is 3. The fraction of sp³-hybridized carbons (Fsp3) is 0. The van der Waals surface area contributed by atoms with E-state index in [9.17, 15) is 34.0 Å². The Bertz CT molecular complexity index is 1520. The van der Waals surface area contributed by atoms with Gasteiger partial charge in [0.2, 0.25) is 0 Å². The molecule has 0 unspecified atom stereocenters. The molecule has 0 atom stereocenters. The number of benzene rings is 2. The largest absolute Gasteiger partial charge is 0.464 e. The van der Waals surface area contributed by atoms with Crippen molar-refractivity contribution in [2.75, 3.05) is 5.43 Å². The minimum Gasteiger partial charge on any atom is -0.464 e. The lowest BCUT2D eigenvalue weighted by Crippen LogP contribution is -2.43. The molecule has 37 heavy (non-hydrogen) atoms. The number of hydrazine groups is 1. The van der Waals surface area contributed by atoms with Crippen molar-refractivity contribution in [1.82, 2.24) is 25.7 Å². The summed E-state index contributed by atoms with van der Waals surface area (Å²) >= 11 is 0. The van der Waals surface area contributed by atoms with Crippen molar-refractivity contribution in [3.05, 3.63) is 100 Å². The van der Waals surface area contributed by atoms with E-state index in [-0.39, 0.29) is 33.6 Å². The Morgan fingerprint density at radius 2 is 1.68 bits per heavy atom. The van der Waals surface area contributed by atoms with Gasteiger partial charge in [0.25, 0.3) is 17.5 Å². The first kappa shape index (κ1) is 24.5. The monoisotopic (exact) mass is 505 g/mol. The van der Waals surface area contributed by atoms with E-state index in [1.54, 1.807) is 0 Å². The molecule has 3 amide bonds. The summed E-state index contributed by atoms with van der Waals surface area (Å²) in [7, 11) is 0. The third kappa shape index (κ3) is 5.22. The highest BCUT2D eigenvalue weighted by molar-refractivity contribution is 6.05. The molecule has 14 heteroatoms. The smallest absolute Gasteiger partial charge is 0.425 e. The molecule has 0 fully saturated rings. The molecule has 0 spiro atoms. The van der Waals surface area contributed by atoms with Crippen LogP contribution < -0.4 is 16.3 Å². The number of non-ortho nitro benzene ring substituents is 1. The van der Waals surface area contributed by atoms with E-state index < -0.39 is 34.3 Å². The molecule has 0 bridgehead atoms. The normalized spacial score (nSPS) is 10.4. The number of nitro benzene ring substituents is 1. The molecule has 4 N–H and O–H groups in total. The van der Waals surface area contributed by atoms with Crippen LogP contribution in [-0.2, 0) is 0 Å². The van der Waals surface area contributed by atoms with E-state index in [2.05, 4.69) is 20.9 Å². The zero-order valence-electron chi connectivity index (χ0n) is 18.6. The summed E-state index contributed by atoms with van der Waals surface area (Å²) in [5, 5.41) is 24.8. The maximum Gasteiger partial charge on any atom is 0.425 e. The van der Waals surface area contributed by atoms with Gasteiger partial charge in [-0.25, -0.2) is 14.6 Å². The van der Waals surface area contributed by atoms with Crippen molar-refractivity contribution in [1.29, 1.82) is 0 Å². The summed E-state index contributed by atoms with van der Waals surface area (Å²) in [6.45, 7) is 0. The van der Waals surface area contributed by atoms with Crippen molar-refractivity contribution in [3.63, 3.8) is 0 Å². The topological polar surface area (TPSA) is 181 Å². The summed E-state index contributed by atoms with van der Waals surface area (Å²) in [5.74, 6) is -2.50. The standard InChI is InChI=1S/C23H16FN7O6/c24-17-7-2-1-6-16(17)19-18(14-4-3-5-15(12-14)31(36)37)20(30(28-19)29-23(34)35)22(33)27-26-21(32)13-8-10-25-11-9-13/h1-12,29H,(H,26,32)(H,27,33)(H,34,35). The van der Waals surface area contributed by atoms with Gasteiger partial charge in [0.1, 0.15) is 11.5 Å². The van der Waals surface area contributed by atoms with Crippen LogP contribution in [0.2, 0.25) is 0 Å². The van der Waals surface area contributed by atoms with Gasteiger partial charge in [0.05, 0.1) is 4.92 Å². The van der Waals surface area contributed by atoms with E-state index in [0.717, 1.165) is 12.1 Å². The van der Waals surface area contributed by atoms with Crippen LogP contribution in [0.3, 0.4) is 0 Å². The van der Waals surface area contributed by atoms with Crippen molar-refractivity contribution < 1.29 is 28.8 Å². The number of halogens is 1. The lowest BCUT2D eigenvalue weighted by atomic mass is 9.98. The number of carboxylic acid groups (broad SMARTS) is 1. The van der Waals surface area contributed by atoms with Crippen LogP contribution in [0.15, 0.2) is 73.1 Å². The molecule has 0 aliphatic rings. The number of carbonyl (C=O) groups excluding carboxylic acids is 2. The molecule has 4 rings (SSSR count). The van der Waals surface area contributed by atoms with Gasteiger partial charge in [-0.3, -0.25) is 35.5 Å². The first-order valence-electron chi connectivity index (χ1n) is 10.4. The van der Waals surface area contributed by atoms with Gasteiger partial charge in [-0.15, -0.1) is 0 Å². The maximum atomic E-state index is 14.8.